The van der Waals surface area contributed by atoms with E-state index in [9.17, 15) is 14.9 Å². The lowest BCUT2D eigenvalue weighted by atomic mass is 9.72. The molecule has 0 bridgehead atoms. The number of dihydropyridines is 1. The van der Waals surface area contributed by atoms with E-state index >= 15 is 0 Å². The van der Waals surface area contributed by atoms with Crippen LogP contribution in [0, 0.1) is 17.2 Å². The van der Waals surface area contributed by atoms with Crippen LogP contribution >= 0.6 is 15.9 Å². The zero-order chi connectivity index (χ0) is 28.6. The van der Waals surface area contributed by atoms with Gasteiger partial charge in [-0.2, -0.15) is 5.26 Å². The number of halogens is 1. The third kappa shape index (κ3) is 6.50. The molecule has 1 aliphatic carbocycles. The van der Waals surface area contributed by atoms with Gasteiger partial charge in [0.1, 0.15) is 6.61 Å². The van der Waals surface area contributed by atoms with Crippen molar-refractivity contribution in [2.24, 2.45) is 5.92 Å². The largest absolute Gasteiger partial charge is 0.490 e. The minimum atomic E-state index is -0.474. The van der Waals surface area contributed by atoms with Gasteiger partial charge in [0.05, 0.1) is 34.9 Å². The molecule has 0 fully saturated rings. The molecule has 2 atom stereocenters. The normalized spacial score (nSPS) is 18.8. The third-order valence-corrected chi connectivity index (χ3v) is 7.60. The summed E-state index contributed by atoms with van der Waals surface area (Å²) in [6.07, 6.45) is 8.37. The number of carbonyl (C=O) groups is 2. The molecule has 0 radical (unpaired) electrons. The van der Waals surface area contributed by atoms with Crippen molar-refractivity contribution in [2.45, 2.75) is 52.4 Å². The van der Waals surface area contributed by atoms with E-state index in [0.29, 0.717) is 52.6 Å². The van der Waals surface area contributed by atoms with Crippen molar-refractivity contribution in [2.75, 3.05) is 19.8 Å². The van der Waals surface area contributed by atoms with Gasteiger partial charge in [-0.15, -0.1) is 0 Å². The fourth-order valence-electron chi connectivity index (χ4n) is 5.30. The number of nitrogens with zero attached hydrogens (tertiary/aromatic N) is 1. The Morgan fingerprint density at radius 1 is 1.27 bits per heavy atom. The van der Waals surface area contributed by atoms with Crippen LogP contribution in [0.1, 0.15) is 68.5 Å². The molecule has 1 aromatic carbocycles. The lowest BCUT2D eigenvalue weighted by molar-refractivity contribution is -0.117. The van der Waals surface area contributed by atoms with E-state index in [1.807, 2.05) is 26.0 Å². The second kappa shape index (κ2) is 13.5. The zero-order valence-electron chi connectivity index (χ0n) is 23.0. The number of benzene rings is 1. The van der Waals surface area contributed by atoms with Crippen LogP contribution in [0.4, 0.5) is 0 Å². The molecule has 2 aliphatic rings. The number of hydrogen-bond donors (Lipinski definition) is 2. The van der Waals surface area contributed by atoms with E-state index in [-0.39, 0.29) is 24.1 Å². The Labute approximate surface area is 243 Å². The molecule has 2 heterocycles. The van der Waals surface area contributed by atoms with Crippen LogP contribution in [-0.4, -0.2) is 31.4 Å². The second-order valence-corrected chi connectivity index (χ2v) is 10.7. The molecule has 1 aromatic heterocycles. The minimum absolute atomic E-state index is 0.0936. The highest BCUT2D eigenvalue weighted by Crippen LogP contribution is 2.47. The molecule has 0 saturated heterocycles. The average Bonchev–Trinajstić information content (AvgIpc) is 3.46. The highest BCUT2D eigenvalue weighted by Gasteiger charge is 2.39. The number of Topliss-reactive ketones (excluding diaryl/α,β-unsaturated/α-hetero) is 1. The number of carbonyl (C=O) groups excluding carboxylic acids is 2. The van der Waals surface area contributed by atoms with Gasteiger partial charge in [-0.25, -0.2) is 0 Å². The SMILES string of the molecule is CCCC1CC(=O)C2=C(C1)NC(C)=C(C#N)C2c1cc(Br)c(OCC=CCNC(=O)c2ccco2)c(OCC)c1. The van der Waals surface area contributed by atoms with Gasteiger partial charge in [0.25, 0.3) is 5.91 Å². The zero-order valence-corrected chi connectivity index (χ0v) is 24.6. The van der Waals surface area contributed by atoms with E-state index in [2.05, 4.69) is 39.6 Å². The molecule has 2 aromatic rings. The van der Waals surface area contributed by atoms with E-state index < -0.39 is 5.92 Å². The Morgan fingerprint density at radius 2 is 2.10 bits per heavy atom. The number of nitrogens with one attached hydrogen (secondary N) is 2. The Kier molecular flexibility index (Phi) is 9.88. The predicted octanol–water partition coefficient (Wildman–Crippen LogP) is 6.32. The van der Waals surface area contributed by atoms with Crippen molar-refractivity contribution in [1.82, 2.24) is 10.6 Å². The molecule has 9 heteroatoms. The van der Waals surface area contributed by atoms with Gasteiger partial charge in [-0.05, 0) is 84.4 Å². The van der Waals surface area contributed by atoms with Crippen LogP contribution < -0.4 is 20.1 Å². The first-order chi connectivity index (χ1) is 19.4. The summed E-state index contributed by atoms with van der Waals surface area (Å²) in [5.74, 6) is 0.946. The van der Waals surface area contributed by atoms with Crippen molar-refractivity contribution in [1.29, 1.82) is 5.26 Å². The summed E-state index contributed by atoms with van der Waals surface area (Å²) in [4.78, 5) is 25.4. The van der Waals surface area contributed by atoms with Crippen LogP contribution in [0.15, 0.2) is 74.1 Å². The number of allylic oxidation sites excluding steroid dienone is 4. The fraction of sp³-hybridized carbons (Fsp3) is 0.387. The number of rotatable bonds is 11. The van der Waals surface area contributed by atoms with Gasteiger partial charge in [0.2, 0.25) is 0 Å². The van der Waals surface area contributed by atoms with Crippen molar-refractivity contribution >= 4 is 27.6 Å². The molecule has 2 N–H and O–H groups in total. The van der Waals surface area contributed by atoms with Gasteiger partial charge >= 0.3 is 0 Å². The topological polar surface area (TPSA) is 114 Å². The quantitative estimate of drug-likeness (QED) is 0.287. The number of ether oxygens (including phenoxy) is 2. The van der Waals surface area contributed by atoms with Crippen LogP contribution in [0.5, 0.6) is 11.5 Å². The lowest BCUT2D eigenvalue weighted by Crippen LogP contribution is -2.34. The van der Waals surface area contributed by atoms with Crippen LogP contribution in [-0.2, 0) is 4.79 Å². The number of furan rings is 1. The molecule has 40 heavy (non-hydrogen) atoms. The lowest BCUT2D eigenvalue weighted by Gasteiger charge is -2.35. The van der Waals surface area contributed by atoms with Gasteiger partial charge in [0, 0.05) is 29.9 Å². The monoisotopic (exact) mass is 607 g/mol. The molecular weight excluding hydrogens is 574 g/mol. The third-order valence-electron chi connectivity index (χ3n) is 7.01. The number of hydrogen-bond acceptors (Lipinski definition) is 7. The first kappa shape index (κ1) is 29.2. The first-order valence-corrected chi connectivity index (χ1v) is 14.4. The molecule has 1 aliphatic heterocycles. The van der Waals surface area contributed by atoms with Gasteiger partial charge in [0.15, 0.2) is 23.0 Å². The molecule has 4 rings (SSSR count). The summed E-state index contributed by atoms with van der Waals surface area (Å²) in [7, 11) is 0. The van der Waals surface area contributed by atoms with E-state index in [1.165, 1.54) is 6.26 Å². The molecular formula is C31H34BrN3O5. The summed E-state index contributed by atoms with van der Waals surface area (Å²) in [5, 5.41) is 16.2. The van der Waals surface area contributed by atoms with Gasteiger partial charge in [-0.3, -0.25) is 9.59 Å². The second-order valence-electron chi connectivity index (χ2n) is 9.82. The Hall–Kier alpha value is -3.77. The van der Waals surface area contributed by atoms with Gasteiger partial charge in [-0.1, -0.05) is 19.4 Å². The highest BCUT2D eigenvalue weighted by molar-refractivity contribution is 9.10. The number of nitriles is 1. The summed E-state index contributed by atoms with van der Waals surface area (Å²) in [5.41, 5.74) is 3.71. The van der Waals surface area contributed by atoms with Crippen molar-refractivity contribution in [3.8, 4) is 17.6 Å². The number of ketones is 1. The molecule has 0 saturated carbocycles. The fourth-order valence-corrected chi connectivity index (χ4v) is 5.87. The maximum atomic E-state index is 13.4. The van der Waals surface area contributed by atoms with Crippen LogP contribution in [0.2, 0.25) is 0 Å². The Morgan fingerprint density at radius 3 is 2.80 bits per heavy atom. The van der Waals surface area contributed by atoms with Crippen molar-refractivity contribution in [3.63, 3.8) is 0 Å². The van der Waals surface area contributed by atoms with Crippen molar-refractivity contribution < 1.29 is 23.5 Å². The molecule has 8 nitrogen and oxygen atoms in total. The minimum Gasteiger partial charge on any atom is -0.490 e. The van der Waals surface area contributed by atoms with Crippen LogP contribution in [0.25, 0.3) is 0 Å². The number of amides is 1. The molecule has 0 spiro atoms. The van der Waals surface area contributed by atoms with E-state index in [1.54, 1.807) is 24.3 Å². The van der Waals surface area contributed by atoms with Crippen molar-refractivity contribution in [3.05, 3.63) is 81.0 Å². The summed E-state index contributed by atoms with van der Waals surface area (Å²) >= 11 is 3.64. The predicted molar refractivity (Wildman–Crippen MR) is 155 cm³/mol. The highest BCUT2D eigenvalue weighted by atomic mass is 79.9. The maximum Gasteiger partial charge on any atom is 0.287 e. The molecule has 1 amide bonds. The van der Waals surface area contributed by atoms with E-state index in [4.69, 9.17) is 13.9 Å². The summed E-state index contributed by atoms with van der Waals surface area (Å²) < 4.78 is 17.7. The Balaban J connectivity index is 1.55. The molecule has 210 valence electrons. The smallest absolute Gasteiger partial charge is 0.287 e. The standard InChI is InChI=1S/C31H34BrN3O5/c1-4-9-20-14-24-29(25(36)15-20)28(22(18-33)19(3)35-24)21-16-23(32)30(27(17-21)38-5-2)40-12-7-6-11-34-31(37)26-10-8-13-39-26/h6-8,10,13,16-17,20,28,35H,4-5,9,11-12,14-15H2,1-3H3,(H,34,37). The molecule has 2 unspecified atom stereocenters. The maximum absolute atomic E-state index is 13.4. The summed E-state index contributed by atoms with van der Waals surface area (Å²) in [6.45, 7) is 6.90. The van der Waals surface area contributed by atoms with E-state index in [0.717, 1.165) is 36.2 Å². The van der Waals surface area contributed by atoms with Gasteiger partial charge < -0.3 is 24.5 Å². The summed E-state index contributed by atoms with van der Waals surface area (Å²) in [6, 6.07) is 9.38. The Bertz CT molecular complexity index is 1380. The average molecular weight is 609 g/mol. The first-order valence-electron chi connectivity index (χ1n) is 13.6. The van der Waals surface area contributed by atoms with Crippen LogP contribution in [0.3, 0.4) is 0 Å².